The molecule has 28 heavy (non-hydrogen) atoms. The first-order chi connectivity index (χ1) is 11.9. The van der Waals surface area contributed by atoms with E-state index in [1.807, 2.05) is 7.05 Å². The van der Waals surface area contributed by atoms with Crippen LogP contribution in [0.4, 0.5) is 0 Å². The molecule has 1 fully saturated rings. The summed E-state index contributed by atoms with van der Waals surface area (Å²) in [6, 6.07) is 0. The number of hydrogen-bond acceptors (Lipinski definition) is 1. The first-order valence-electron chi connectivity index (χ1n) is 8.35. The van der Waals surface area contributed by atoms with E-state index >= 15 is 0 Å². The number of hydrogen-bond donors (Lipinski definition) is 0. The Bertz CT molecular complexity index is 231. The van der Waals surface area contributed by atoms with Gasteiger partial charge in [0.2, 0.25) is 0 Å². The monoisotopic (exact) mass is 862 g/mol. The van der Waals surface area contributed by atoms with Gasteiger partial charge in [-0.1, -0.05) is 14.4 Å². The molecule has 1 rings (SSSR count). The highest BCUT2D eigenvalue weighted by molar-refractivity contribution is 15.0. The van der Waals surface area contributed by atoms with E-state index in [2.05, 4.69) is 56.1 Å². The van der Waals surface area contributed by atoms with Crippen LogP contribution in [0, 0.1) is 5.92 Å². The number of likely N-dealkylation sites (N-methyl/N-ethyl adjacent to an activating group) is 1. The smallest absolute Gasteiger partial charge is 0.128 e. The first kappa shape index (κ1) is 45.4. The van der Waals surface area contributed by atoms with Crippen LogP contribution in [0.25, 0.3) is 0 Å². The van der Waals surface area contributed by atoms with Gasteiger partial charge in [0.1, 0.15) is 13.1 Å². The lowest BCUT2D eigenvalue weighted by Gasteiger charge is -2.11. The average Bonchev–Trinajstić information content (AvgIpc) is 3.29. The molecule has 0 spiro atoms. The van der Waals surface area contributed by atoms with Crippen molar-refractivity contribution >= 4 is 119 Å². The Morgan fingerprint density at radius 1 is 0.857 bits per heavy atom. The van der Waals surface area contributed by atoms with E-state index in [9.17, 15) is 0 Å². The third-order valence-electron chi connectivity index (χ3n) is 3.75. The second-order valence-corrected chi connectivity index (χ2v) is 8.11. The van der Waals surface area contributed by atoms with Gasteiger partial charge < -0.3 is 21.8 Å². The van der Waals surface area contributed by atoms with Crippen LogP contribution in [0.2, 0.25) is 0 Å². The Kier molecular flexibility index (Phi) is 57.4. The number of alkyl halides is 5. The van der Waals surface area contributed by atoms with Gasteiger partial charge in [0.15, 0.2) is 0 Å². The summed E-state index contributed by atoms with van der Waals surface area (Å²) in [5.41, 5.74) is 0. The Morgan fingerprint density at radius 2 is 1.21 bits per heavy atom. The van der Waals surface area contributed by atoms with Crippen molar-refractivity contribution in [1.29, 1.82) is 0 Å². The molecular weight excluding hydrogens is 826 g/mol. The molecule has 0 atom stereocenters. The first-order valence-corrected chi connectivity index (χ1v) is 17.3. The van der Waals surface area contributed by atoms with Crippen molar-refractivity contribution in [3.05, 3.63) is 0 Å². The molecule has 0 amide bonds. The summed E-state index contributed by atoms with van der Waals surface area (Å²) in [6.45, 7) is 7.86. The van der Waals surface area contributed by atoms with Crippen molar-refractivity contribution in [3.8, 4) is 0 Å². The molecule has 0 radical (unpaired) electrons. The lowest BCUT2D eigenvalue weighted by atomic mass is 10.1. The molecule has 0 aromatic carbocycles. The zero-order chi connectivity index (χ0) is 20.1. The quantitative estimate of drug-likeness (QED) is 0.130. The predicted molar refractivity (Wildman–Crippen MR) is 160 cm³/mol. The highest BCUT2D eigenvalue weighted by Crippen LogP contribution is 2.15. The van der Waals surface area contributed by atoms with Crippen LogP contribution in [-0.4, -0.2) is 85.6 Å². The van der Waals surface area contributed by atoms with E-state index in [0.29, 0.717) is 17.7 Å². The molecule has 0 bridgehead atoms. The maximum absolute atomic E-state index is 5.51. The lowest BCUT2D eigenvalue weighted by molar-refractivity contribution is -0.774. The minimum atomic E-state index is 0. The van der Waals surface area contributed by atoms with Crippen molar-refractivity contribution in [2.45, 2.75) is 27.2 Å². The maximum Gasteiger partial charge on any atom is 0.128 e. The third kappa shape index (κ3) is 40.2. The number of nitrogens with zero attached hydrogens (tertiary/aromatic N) is 2. The summed E-state index contributed by atoms with van der Waals surface area (Å²) in [5.74, 6) is 4.41. The molecule has 0 aromatic heterocycles. The molecule has 0 aliphatic carbocycles. The van der Waals surface area contributed by atoms with Gasteiger partial charge in [0.25, 0.3) is 0 Å². The fourth-order valence-corrected chi connectivity index (χ4v) is 3.25. The van der Waals surface area contributed by atoms with E-state index in [4.69, 9.17) is 58.0 Å². The molecule has 0 aromatic rings. The molecule has 180 valence electrons. The predicted octanol–water partition coefficient (Wildman–Crippen LogP) is 4.99. The van der Waals surface area contributed by atoms with Gasteiger partial charge in [-0.2, -0.15) is 0 Å². The SMILES string of the molecule is C.CC(CCCl)CCCl.CN(CCCl)CCCl.C[N+]1(CCCl)CC1.I.II.[Cl-]. The number of halogens is 9. The van der Waals surface area contributed by atoms with E-state index in [-0.39, 0.29) is 43.8 Å². The van der Waals surface area contributed by atoms with Crippen LogP contribution in [0.15, 0.2) is 0 Å². The molecule has 0 N–H and O–H groups in total. The van der Waals surface area contributed by atoms with E-state index < -0.39 is 0 Å². The van der Waals surface area contributed by atoms with Crippen LogP contribution in [-0.2, 0) is 0 Å². The van der Waals surface area contributed by atoms with Crippen molar-refractivity contribution in [1.82, 2.24) is 4.90 Å². The second kappa shape index (κ2) is 35.4. The largest absolute Gasteiger partial charge is 1.00 e. The Labute approximate surface area is 247 Å². The number of quaternary nitrogens is 1. The van der Waals surface area contributed by atoms with Crippen LogP contribution in [0.1, 0.15) is 27.2 Å². The van der Waals surface area contributed by atoms with Crippen LogP contribution in [0.5, 0.6) is 0 Å². The Morgan fingerprint density at radius 3 is 1.39 bits per heavy atom. The van der Waals surface area contributed by atoms with Crippen molar-refractivity contribution < 1.29 is 16.9 Å². The summed E-state index contributed by atoms with van der Waals surface area (Å²) in [5, 5.41) is 0. The molecule has 1 aliphatic rings. The third-order valence-corrected chi connectivity index (χ3v) is 4.69. The molecule has 2 nitrogen and oxygen atoms in total. The average molecular weight is 865 g/mol. The van der Waals surface area contributed by atoms with Crippen molar-refractivity contribution in [2.75, 3.05) is 76.2 Å². The zero-order valence-electron chi connectivity index (χ0n) is 16.4. The minimum absolute atomic E-state index is 0. The fraction of sp³-hybridized carbons (Fsp3) is 1.00. The van der Waals surface area contributed by atoms with E-state index in [1.165, 1.54) is 17.6 Å². The summed E-state index contributed by atoms with van der Waals surface area (Å²) >= 11 is 31.6. The Balaban J connectivity index is -0.0000000589. The molecular formula is C17H39Cl6I3N2. The fourth-order valence-electron chi connectivity index (χ4n) is 1.52. The van der Waals surface area contributed by atoms with Gasteiger partial charge in [0.05, 0.1) is 19.5 Å². The lowest BCUT2D eigenvalue weighted by Crippen LogP contribution is -3.00. The van der Waals surface area contributed by atoms with Gasteiger partial charge in [-0.25, -0.2) is 0 Å². The highest BCUT2D eigenvalue weighted by atomic mass is 128. The van der Waals surface area contributed by atoms with Crippen molar-refractivity contribution in [3.63, 3.8) is 0 Å². The van der Waals surface area contributed by atoms with E-state index in [0.717, 1.165) is 50.1 Å². The zero-order valence-corrected chi connectivity index (χ0v) is 27.6. The van der Waals surface area contributed by atoms with Crippen LogP contribution >= 0.6 is 119 Å². The molecule has 0 saturated carbocycles. The van der Waals surface area contributed by atoms with Gasteiger partial charge in [-0.3, -0.25) is 0 Å². The molecule has 0 unspecified atom stereocenters. The molecule has 1 saturated heterocycles. The Hall–Kier alpha value is 3.85. The van der Waals surface area contributed by atoms with Crippen LogP contribution < -0.4 is 12.4 Å². The maximum atomic E-state index is 5.51. The molecule has 1 heterocycles. The highest BCUT2D eigenvalue weighted by Gasteiger charge is 2.35. The minimum Gasteiger partial charge on any atom is -1.00 e. The van der Waals surface area contributed by atoms with E-state index in [1.54, 1.807) is 0 Å². The topological polar surface area (TPSA) is 3.24 Å². The van der Waals surface area contributed by atoms with Gasteiger partial charge in [-0.05, 0) is 25.8 Å². The standard InChI is InChI=1S/C6H12Cl2.C5H11Cl2N.C5H11ClN.CH4.ClH.I2.HI/c1-6(2-4-7)3-5-8;1-8(4-2-6)5-3-7;1-7(3-2-6)4-5-7;;;1-2;/h6H,2-5H2,1H3;2-5H2,1H3;2-5H2,1H3;1H4;1H;;1H/q;;+1;;;;/p-1. The number of rotatable bonds is 10. The summed E-state index contributed by atoms with van der Waals surface area (Å²) in [6.07, 6.45) is 2.18. The molecule has 11 heteroatoms. The normalized spacial score (nSPS) is 12.4. The van der Waals surface area contributed by atoms with Crippen LogP contribution in [0.3, 0.4) is 0 Å². The van der Waals surface area contributed by atoms with Gasteiger partial charge in [0, 0.05) is 73.8 Å². The second-order valence-electron chi connectivity index (χ2n) is 6.22. The van der Waals surface area contributed by atoms with Gasteiger partial charge >= 0.3 is 0 Å². The van der Waals surface area contributed by atoms with Gasteiger partial charge in [-0.15, -0.1) is 82.0 Å². The summed E-state index contributed by atoms with van der Waals surface area (Å²) in [7, 11) is 4.24. The summed E-state index contributed by atoms with van der Waals surface area (Å²) in [4.78, 5) is 2.10. The van der Waals surface area contributed by atoms with Crippen molar-refractivity contribution in [2.24, 2.45) is 5.92 Å². The summed E-state index contributed by atoms with van der Waals surface area (Å²) < 4.78 is 1.21. The molecule has 1 aliphatic heterocycles.